The molecule has 3 heteroatoms. The van der Waals surface area contributed by atoms with Crippen molar-refractivity contribution in [3.8, 4) is 11.1 Å². The summed E-state index contributed by atoms with van der Waals surface area (Å²) in [5.41, 5.74) is 7.71. The van der Waals surface area contributed by atoms with Crippen molar-refractivity contribution in [1.29, 1.82) is 0 Å². The van der Waals surface area contributed by atoms with E-state index in [0.29, 0.717) is 0 Å². The third-order valence-electron chi connectivity index (χ3n) is 8.45. The normalized spacial score (nSPS) is 11.7. The van der Waals surface area contributed by atoms with E-state index in [-0.39, 0.29) is 0 Å². The smallest absolute Gasteiger partial charge is 0.136 e. The van der Waals surface area contributed by atoms with Crippen LogP contribution in [0, 0.1) is 0 Å². The van der Waals surface area contributed by atoms with Crippen LogP contribution in [0.4, 0.5) is 17.1 Å². The van der Waals surface area contributed by atoms with Gasteiger partial charge in [-0.15, -0.1) is 11.3 Å². The van der Waals surface area contributed by atoms with Crippen LogP contribution in [0.25, 0.3) is 64.0 Å². The molecule has 0 atom stereocenters. The summed E-state index contributed by atoms with van der Waals surface area (Å²) in [6.45, 7) is 0. The van der Waals surface area contributed by atoms with Crippen molar-refractivity contribution >= 4 is 81.3 Å². The van der Waals surface area contributed by atoms with E-state index in [1.807, 2.05) is 23.5 Å². The Balaban J connectivity index is 1.17. The van der Waals surface area contributed by atoms with Gasteiger partial charge in [0.2, 0.25) is 0 Å². The van der Waals surface area contributed by atoms with E-state index in [9.17, 15) is 0 Å². The van der Waals surface area contributed by atoms with Crippen molar-refractivity contribution in [3.05, 3.63) is 152 Å². The molecule has 0 radical (unpaired) electrons. The number of anilines is 3. The molecule has 202 valence electrons. The maximum Gasteiger partial charge on any atom is 0.136 e. The maximum atomic E-state index is 6.13. The molecule has 9 rings (SSSR count). The van der Waals surface area contributed by atoms with E-state index in [1.54, 1.807) is 0 Å². The third kappa shape index (κ3) is 3.86. The molecule has 0 aliphatic rings. The van der Waals surface area contributed by atoms with Gasteiger partial charge in [0.25, 0.3) is 0 Å². The van der Waals surface area contributed by atoms with Crippen LogP contribution in [-0.2, 0) is 0 Å². The molecule has 0 unspecified atom stereocenters. The highest BCUT2D eigenvalue weighted by Crippen LogP contribution is 2.45. The molecule has 2 heterocycles. The SMILES string of the molecule is c1ccc(N(c2ccc(-c3ccc4c(ccc5oc6ccccc6c54)c3)cc2)c2cccc3sc4ccccc4c23)cc1. The van der Waals surface area contributed by atoms with Gasteiger partial charge in [0.1, 0.15) is 11.2 Å². The van der Waals surface area contributed by atoms with Crippen LogP contribution in [-0.4, -0.2) is 0 Å². The van der Waals surface area contributed by atoms with Crippen molar-refractivity contribution in [2.75, 3.05) is 4.90 Å². The first-order valence-corrected chi connectivity index (χ1v) is 15.3. The van der Waals surface area contributed by atoms with Crippen LogP contribution in [0.1, 0.15) is 0 Å². The van der Waals surface area contributed by atoms with Crippen molar-refractivity contribution in [2.45, 2.75) is 0 Å². The second-order valence-electron chi connectivity index (χ2n) is 10.9. The molecule has 0 spiro atoms. The summed E-state index contributed by atoms with van der Waals surface area (Å²) >= 11 is 1.85. The Hall–Kier alpha value is -5.38. The molecule has 0 amide bonds. The molecule has 43 heavy (non-hydrogen) atoms. The van der Waals surface area contributed by atoms with Gasteiger partial charge in [-0.25, -0.2) is 0 Å². The predicted octanol–water partition coefficient (Wildman–Crippen LogP) is 12.2. The Morgan fingerprint density at radius 2 is 1.16 bits per heavy atom. The Morgan fingerprint density at radius 3 is 2.05 bits per heavy atom. The molecule has 0 aliphatic carbocycles. The second kappa shape index (κ2) is 9.59. The van der Waals surface area contributed by atoms with E-state index in [1.165, 1.54) is 53.1 Å². The van der Waals surface area contributed by atoms with E-state index in [2.05, 4.69) is 144 Å². The zero-order valence-corrected chi connectivity index (χ0v) is 24.0. The van der Waals surface area contributed by atoms with Gasteiger partial charge in [-0.05, 0) is 82.6 Å². The van der Waals surface area contributed by atoms with Crippen LogP contribution in [0.5, 0.6) is 0 Å². The zero-order valence-electron chi connectivity index (χ0n) is 23.2. The highest BCUT2D eigenvalue weighted by atomic mass is 32.1. The standard InChI is InChI=1S/C40H25NOS/c1-2-9-29(10-3-1)41(34-13-8-16-38-40(34)33-12-5-7-15-37(33)43-38)30-21-17-26(18-22-30)27-19-23-31-28(25-27)20-24-36-39(31)32-11-4-6-14-35(32)42-36/h1-25H. The average molecular weight is 568 g/mol. The maximum absolute atomic E-state index is 6.13. The lowest BCUT2D eigenvalue weighted by atomic mass is 9.98. The monoisotopic (exact) mass is 567 g/mol. The highest BCUT2D eigenvalue weighted by molar-refractivity contribution is 7.26. The van der Waals surface area contributed by atoms with Gasteiger partial charge < -0.3 is 9.32 Å². The summed E-state index contributed by atoms with van der Waals surface area (Å²) < 4.78 is 8.73. The molecular weight excluding hydrogens is 543 g/mol. The summed E-state index contributed by atoms with van der Waals surface area (Å²) in [4.78, 5) is 2.38. The fourth-order valence-electron chi connectivity index (χ4n) is 6.48. The van der Waals surface area contributed by atoms with Gasteiger partial charge in [0.15, 0.2) is 0 Å². The lowest BCUT2D eigenvalue weighted by Crippen LogP contribution is -2.10. The van der Waals surface area contributed by atoms with Crippen molar-refractivity contribution in [1.82, 2.24) is 0 Å². The minimum Gasteiger partial charge on any atom is -0.456 e. The summed E-state index contributed by atoms with van der Waals surface area (Å²) in [5.74, 6) is 0. The predicted molar refractivity (Wildman–Crippen MR) is 184 cm³/mol. The molecule has 0 bridgehead atoms. The second-order valence-corrected chi connectivity index (χ2v) is 12.0. The molecule has 0 saturated carbocycles. The molecule has 0 fully saturated rings. The van der Waals surface area contributed by atoms with Gasteiger partial charge in [-0.3, -0.25) is 0 Å². The van der Waals surface area contributed by atoms with Crippen LogP contribution in [0.3, 0.4) is 0 Å². The number of hydrogen-bond acceptors (Lipinski definition) is 3. The third-order valence-corrected chi connectivity index (χ3v) is 9.59. The van der Waals surface area contributed by atoms with E-state index < -0.39 is 0 Å². The number of benzene rings is 7. The quantitative estimate of drug-likeness (QED) is 0.210. The largest absolute Gasteiger partial charge is 0.456 e. The molecule has 2 aromatic heterocycles. The average Bonchev–Trinajstić information content (AvgIpc) is 3.65. The lowest BCUT2D eigenvalue weighted by molar-refractivity contribution is 0.669. The minimum absolute atomic E-state index is 0.929. The van der Waals surface area contributed by atoms with Crippen molar-refractivity contribution < 1.29 is 4.42 Å². The van der Waals surface area contributed by atoms with E-state index >= 15 is 0 Å². The fourth-order valence-corrected chi connectivity index (χ4v) is 7.61. The zero-order chi connectivity index (χ0) is 28.3. The summed E-state index contributed by atoms with van der Waals surface area (Å²) in [6, 6.07) is 54.3. The molecular formula is C40H25NOS. The Labute approximate surface area is 252 Å². The number of para-hydroxylation sites is 2. The minimum atomic E-state index is 0.929. The van der Waals surface area contributed by atoms with Crippen LogP contribution < -0.4 is 4.90 Å². The summed E-state index contributed by atoms with van der Waals surface area (Å²) in [5, 5.41) is 7.37. The molecule has 0 aliphatic heterocycles. The van der Waals surface area contributed by atoms with Crippen LogP contribution >= 0.6 is 11.3 Å². The van der Waals surface area contributed by atoms with Gasteiger partial charge in [-0.2, -0.15) is 0 Å². The van der Waals surface area contributed by atoms with E-state index in [0.717, 1.165) is 27.9 Å². The molecule has 0 saturated heterocycles. The first kappa shape index (κ1) is 24.2. The topological polar surface area (TPSA) is 16.4 Å². The van der Waals surface area contributed by atoms with E-state index in [4.69, 9.17) is 4.42 Å². The lowest BCUT2D eigenvalue weighted by Gasteiger charge is -2.26. The number of nitrogens with zero attached hydrogens (tertiary/aromatic N) is 1. The van der Waals surface area contributed by atoms with Gasteiger partial charge >= 0.3 is 0 Å². The fraction of sp³-hybridized carbons (Fsp3) is 0. The molecule has 9 aromatic rings. The number of fused-ring (bicyclic) bond motifs is 8. The van der Waals surface area contributed by atoms with Crippen LogP contribution in [0.2, 0.25) is 0 Å². The summed E-state index contributed by atoms with van der Waals surface area (Å²) in [6.07, 6.45) is 0. The molecule has 0 N–H and O–H groups in total. The summed E-state index contributed by atoms with van der Waals surface area (Å²) in [7, 11) is 0. The van der Waals surface area contributed by atoms with Crippen LogP contribution in [0.15, 0.2) is 156 Å². The number of hydrogen-bond donors (Lipinski definition) is 0. The highest BCUT2D eigenvalue weighted by Gasteiger charge is 2.18. The molecule has 7 aromatic carbocycles. The Bertz CT molecular complexity index is 2450. The number of rotatable bonds is 4. The van der Waals surface area contributed by atoms with Gasteiger partial charge in [0, 0.05) is 42.3 Å². The number of furan rings is 1. The number of thiophene rings is 1. The van der Waals surface area contributed by atoms with Gasteiger partial charge in [-0.1, -0.05) is 91.0 Å². The first-order valence-electron chi connectivity index (χ1n) is 14.5. The first-order chi connectivity index (χ1) is 21.3. The van der Waals surface area contributed by atoms with Crippen molar-refractivity contribution in [2.24, 2.45) is 0 Å². The Kier molecular flexibility index (Phi) is 5.40. The van der Waals surface area contributed by atoms with Crippen molar-refractivity contribution in [3.63, 3.8) is 0 Å². The molecule has 2 nitrogen and oxygen atoms in total. The van der Waals surface area contributed by atoms with Gasteiger partial charge in [0.05, 0.1) is 5.69 Å². The Morgan fingerprint density at radius 1 is 0.442 bits per heavy atom.